The fourth-order valence-corrected chi connectivity index (χ4v) is 5.84. The second kappa shape index (κ2) is 25.7. The van der Waals surface area contributed by atoms with Crippen LogP contribution in [0.1, 0.15) is 153 Å². The van der Waals surface area contributed by atoms with Gasteiger partial charge in [-0.25, -0.2) is 0 Å². The maximum Gasteiger partial charge on any atom is 0.306 e. The van der Waals surface area contributed by atoms with E-state index in [-0.39, 0.29) is 24.9 Å². The second-order valence-corrected chi connectivity index (χ2v) is 14.4. The maximum absolute atomic E-state index is 12.8. The summed E-state index contributed by atoms with van der Waals surface area (Å²) >= 11 is 0. The first kappa shape index (κ1) is 43.0. The summed E-state index contributed by atoms with van der Waals surface area (Å²) in [6, 6.07) is 16.9. The molecule has 50 heavy (non-hydrogen) atoms. The lowest BCUT2D eigenvalue weighted by molar-refractivity contribution is -0.150. The summed E-state index contributed by atoms with van der Waals surface area (Å²) in [5, 5.41) is 23.9. The molecule has 280 valence electrons. The third-order valence-electron chi connectivity index (χ3n) is 9.33. The zero-order valence-corrected chi connectivity index (χ0v) is 31.6. The van der Waals surface area contributed by atoms with Crippen LogP contribution in [0.3, 0.4) is 0 Å². The van der Waals surface area contributed by atoms with Crippen LogP contribution >= 0.6 is 0 Å². The Hall–Kier alpha value is -3.16. The van der Waals surface area contributed by atoms with Gasteiger partial charge >= 0.3 is 5.97 Å². The molecule has 2 aromatic carbocycles. The first-order valence-corrected chi connectivity index (χ1v) is 19.4. The van der Waals surface area contributed by atoms with Gasteiger partial charge < -0.3 is 25.0 Å². The van der Waals surface area contributed by atoms with Crippen molar-refractivity contribution in [1.82, 2.24) is 5.32 Å². The molecule has 0 heterocycles. The molecule has 0 bridgehead atoms. The highest BCUT2D eigenvalue weighted by Crippen LogP contribution is 2.22. The number of hydrogen-bond acceptors (Lipinski definition) is 6. The van der Waals surface area contributed by atoms with Gasteiger partial charge in [0.15, 0.2) is 0 Å². The Morgan fingerprint density at radius 3 is 1.88 bits per heavy atom. The number of aliphatic hydroxyl groups excluding tert-OH is 1. The SMILES string of the molecule is CCCCCCCCCCCCCCCCCC(=O)O[C@H](C[C@@H](O)C(C)(C)O)C(C)=CCOc1ccc(CCNC(=O)c2ccccc2)cc1. The zero-order chi connectivity index (χ0) is 36.5. The number of unbranched alkanes of at least 4 members (excludes halogenated alkanes) is 14. The van der Waals surface area contributed by atoms with Crippen molar-refractivity contribution in [3.8, 4) is 5.75 Å². The average Bonchev–Trinajstić information content (AvgIpc) is 3.10. The normalized spacial score (nSPS) is 13.1. The number of benzene rings is 2. The molecule has 7 heteroatoms. The monoisotopic (exact) mass is 693 g/mol. The highest BCUT2D eigenvalue weighted by molar-refractivity contribution is 5.94. The van der Waals surface area contributed by atoms with Crippen molar-refractivity contribution >= 4 is 11.9 Å². The Labute approximate surface area is 303 Å². The topological polar surface area (TPSA) is 105 Å². The van der Waals surface area contributed by atoms with Gasteiger partial charge in [0.05, 0.1) is 11.7 Å². The Bertz CT molecular complexity index is 1200. The van der Waals surface area contributed by atoms with Crippen LogP contribution in [-0.2, 0) is 16.0 Å². The van der Waals surface area contributed by atoms with E-state index in [2.05, 4.69) is 12.2 Å². The molecule has 0 saturated heterocycles. The molecule has 1 amide bonds. The number of carbonyl (C=O) groups is 2. The molecule has 3 N–H and O–H groups in total. The highest BCUT2D eigenvalue weighted by Gasteiger charge is 2.30. The molecule has 0 unspecified atom stereocenters. The Morgan fingerprint density at radius 1 is 0.800 bits per heavy atom. The summed E-state index contributed by atoms with van der Waals surface area (Å²) in [4.78, 5) is 25.0. The number of esters is 1. The van der Waals surface area contributed by atoms with E-state index < -0.39 is 17.8 Å². The first-order chi connectivity index (χ1) is 24.1. The van der Waals surface area contributed by atoms with Crippen LogP contribution in [0.25, 0.3) is 0 Å². The van der Waals surface area contributed by atoms with E-state index in [1.807, 2.05) is 55.5 Å². The molecule has 2 rings (SSSR count). The molecule has 0 saturated carbocycles. The number of rotatable bonds is 28. The lowest BCUT2D eigenvalue weighted by Crippen LogP contribution is -2.39. The van der Waals surface area contributed by atoms with Gasteiger partial charge in [-0.1, -0.05) is 127 Å². The minimum atomic E-state index is -1.32. The van der Waals surface area contributed by atoms with Gasteiger partial charge in [0.2, 0.25) is 0 Å². The minimum absolute atomic E-state index is 0.0863. The average molecular weight is 694 g/mol. The largest absolute Gasteiger partial charge is 0.490 e. The van der Waals surface area contributed by atoms with Crippen molar-refractivity contribution in [1.29, 1.82) is 0 Å². The number of aliphatic hydroxyl groups is 2. The number of carbonyl (C=O) groups excluding carboxylic acids is 2. The standard InChI is InChI=1S/C43H67NO6/c1-5-6-7-8-9-10-11-12-13-14-15-16-17-18-22-25-41(46)50-39(34-40(45)43(3,4)48)35(2)31-33-49-38-28-26-36(27-29-38)30-32-44-42(47)37-23-20-19-21-24-37/h19-21,23-24,26-29,31,39-40,45,48H,5-18,22,25,30,32-34H2,1-4H3,(H,44,47)/t39-,40-/m1/s1. The van der Waals surface area contributed by atoms with Crippen molar-refractivity contribution in [3.63, 3.8) is 0 Å². The molecule has 0 radical (unpaired) electrons. The van der Waals surface area contributed by atoms with Crippen molar-refractivity contribution in [3.05, 3.63) is 77.4 Å². The summed E-state index contributed by atoms with van der Waals surface area (Å²) in [5.74, 6) is 0.331. The van der Waals surface area contributed by atoms with E-state index in [1.165, 1.54) is 77.0 Å². The predicted octanol–water partition coefficient (Wildman–Crippen LogP) is 9.68. The minimum Gasteiger partial charge on any atom is -0.490 e. The van der Waals surface area contributed by atoms with Crippen molar-refractivity contribution < 1.29 is 29.3 Å². The highest BCUT2D eigenvalue weighted by atomic mass is 16.5. The number of nitrogens with one attached hydrogen (secondary N) is 1. The van der Waals surface area contributed by atoms with Crippen LogP contribution in [0.4, 0.5) is 0 Å². The fourth-order valence-electron chi connectivity index (χ4n) is 5.84. The van der Waals surface area contributed by atoms with Crippen molar-refractivity contribution in [2.45, 2.75) is 161 Å². The first-order valence-electron chi connectivity index (χ1n) is 19.4. The molecule has 0 aliphatic rings. The van der Waals surface area contributed by atoms with Gasteiger partial charge in [-0.2, -0.15) is 0 Å². The number of hydrogen-bond donors (Lipinski definition) is 3. The van der Waals surface area contributed by atoms with E-state index in [9.17, 15) is 19.8 Å². The summed E-state index contributed by atoms with van der Waals surface area (Å²) in [6.45, 7) is 8.03. The van der Waals surface area contributed by atoms with E-state index in [0.29, 0.717) is 30.7 Å². The van der Waals surface area contributed by atoms with Gasteiger partial charge in [-0.05, 0) is 75.1 Å². The number of ether oxygens (including phenoxy) is 2. The summed E-state index contributed by atoms with van der Waals surface area (Å²) in [7, 11) is 0. The van der Waals surface area contributed by atoms with Crippen molar-refractivity contribution in [2.24, 2.45) is 0 Å². The van der Waals surface area contributed by atoms with Gasteiger partial charge in [0, 0.05) is 24.9 Å². The Kier molecular flexibility index (Phi) is 22.1. The van der Waals surface area contributed by atoms with Gasteiger partial charge in [-0.15, -0.1) is 0 Å². The second-order valence-electron chi connectivity index (χ2n) is 14.4. The summed E-state index contributed by atoms with van der Waals surface area (Å²) < 4.78 is 11.8. The summed E-state index contributed by atoms with van der Waals surface area (Å²) in [5.41, 5.74) is 1.18. The molecular formula is C43H67NO6. The van der Waals surface area contributed by atoms with Gasteiger partial charge in [0.25, 0.3) is 5.91 Å². The van der Waals surface area contributed by atoms with Crippen LogP contribution < -0.4 is 10.1 Å². The molecule has 7 nitrogen and oxygen atoms in total. The molecule has 2 aromatic rings. The van der Waals surface area contributed by atoms with Crippen LogP contribution in [0, 0.1) is 0 Å². The maximum atomic E-state index is 12.8. The molecule has 0 aromatic heterocycles. The van der Waals surface area contributed by atoms with Gasteiger partial charge in [0.1, 0.15) is 18.5 Å². The third kappa shape index (κ3) is 19.9. The Balaban J connectivity index is 1.69. The van der Waals surface area contributed by atoms with Gasteiger partial charge in [-0.3, -0.25) is 9.59 Å². The summed E-state index contributed by atoms with van der Waals surface area (Å²) in [6.07, 6.45) is 20.3. The quantitative estimate of drug-likeness (QED) is 0.0466. The molecule has 0 spiro atoms. The smallest absolute Gasteiger partial charge is 0.306 e. The van der Waals surface area contributed by atoms with Crippen LogP contribution in [0.5, 0.6) is 5.75 Å². The molecular weight excluding hydrogens is 626 g/mol. The van der Waals surface area contributed by atoms with E-state index in [0.717, 1.165) is 30.4 Å². The molecule has 2 atom stereocenters. The predicted molar refractivity (Wildman–Crippen MR) is 205 cm³/mol. The van der Waals surface area contributed by atoms with Crippen LogP contribution in [0.15, 0.2) is 66.2 Å². The van der Waals surface area contributed by atoms with E-state index in [1.54, 1.807) is 26.0 Å². The van der Waals surface area contributed by atoms with Crippen LogP contribution in [0.2, 0.25) is 0 Å². The van der Waals surface area contributed by atoms with Crippen molar-refractivity contribution in [2.75, 3.05) is 13.2 Å². The lowest BCUT2D eigenvalue weighted by atomic mass is 9.94. The van der Waals surface area contributed by atoms with E-state index in [4.69, 9.17) is 9.47 Å². The van der Waals surface area contributed by atoms with Crippen LogP contribution in [-0.4, -0.2) is 53.1 Å². The molecule has 0 fully saturated rings. The molecule has 0 aliphatic heterocycles. The fraction of sp³-hybridized carbons (Fsp3) is 0.628. The molecule has 0 aliphatic carbocycles. The van der Waals surface area contributed by atoms with E-state index >= 15 is 0 Å². The Morgan fingerprint density at radius 2 is 1.34 bits per heavy atom. The zero-order valence-electron chi connectivity index (χ0n) is 31.6. The number of amides is 1. The third-order valence-corrected chi connectivity index (χ3v) is 9.33. The lowest BCUT2D eigenvalue weighted by Gasteiger charge is -2.28.